The molecule has 1 aliphatic rings. The molecule has 3 aromatic heterocycles. The molecule has 3 heterocycles. The van der Waals surface area contributed by atoms with Crippen molar-refractivity contribution in [2.75, 3.05) is 0 Å². The van der Waals surface area contributed by atoms with E-state index < -0.39 is 5.41 Å². The Labute approximate surface area is 137 Å². The van der Waals surface area contributed by atoms with Crippen molar-refractivity contribution in [1.82, 2.24) is 15.5 Å². The maximum absolute atomic E-state index is 12.6. The zero-order valence-corrected chi connectivity index (χ0v) is 13.2. The molecular formula is C17H15N3O2S. The molecule has 1 N–H and O–H groups in total. The lowest BCUT2D eigenvalue weighted by Crippen LogP contribution is -2.34. The van der Waals surface area contributed by atoms with Crippen molar-refractivity contribution in [2.24, 2.45) is 0 Å². The molecule has 23 heavy (non-hydrogen) atoms. The summed E-state index contributed by atoms with van der Waals surface area (Å²) in [6.07, 6.45) is 3.33. The van der Waals surface area contributed by atoms with Gasteiger partial charge >= 0.3 is 0 Å². The summed E-state index contributed by atoms with van der Waals surface area (Å²) in [6, 6.07) is 11.5. The summed E-state index contributed by atoms with van der Waals surface area (Å²) in [5, 5.41) is 9.09. The predicted octanol–water partition coefficient (Wildman–Crippen LogP) is 3.15. The first kappa shape index (κ1) is 14.1. The number of rotatable bonds is 5. The number of pyridine rings is 1. The number of hydrogen-bond donors (Lipinski definition) is 1. The Balaban J connectivity index is 1.48. The van der Waals surface area contributed by atoms with E-state index in [-0.39, 0.29) is 5.91 Å². The zero-order chi connectivity index (χ0) is 15.7. The summed E-state index contributed by atoms with van der Waals surface area (Å²) >= 11 is 1.59. The van der Waals surface area contributed by atoms with E-state index in [1.54, 1.807) is 17.5 Å². The lowest BCUT2D eigenvalue weighted by atomic mass is 10.0. The summed E-state index contributed by atoms with van der Waals surface area (Å²) in [6.45, 7) is 0.428. The second-order valence-electron chi connectivity index (χ2n) is 5.64. The molecule has 6 heteroatoms. The summed E-state index contributed by atoms with van der Waals surface area (Å²) in [7, 11) is 0. The van der Waals surface area contributed by atoms with Crippen molar-refractivity contribution >= 4 is 17.2 Å². The smallest absolute Gasteiger partial charge is 0.232 e. The lowest BCUT2D eigenvalue weighted by Gasteiger charge is -2.12. The Morgan fingerprint density at radius 2 is 2.22 bits per heavy atom. The Bertz CT molecular complexity index is 808. The van der Waals surface area contributed by atoms with Crippen LogP contribution in [0.25, 0.3) is 10.6 Å². The molecule has 1 amide bonds. The van der Waals surface area contributed by atoms with Crippen molar-refractivity contribution in [3.05, 3.63) is 59.4 Å². The lowest BCUT2D eigenvalue weighted by molar-refractivity contribution is -0.123. The van der Waals surface area contributed by atoms with Crippen molar-refractivity contribution in [2.45, 2.75) is 24.8 Å². The van der Waals surface area contributed by atoms with Crippen molar-refractivity contribution < 1.29 is 9.32 Å². The van der Waals surface area contributed by atoms with E-state index in [1.807, 2.05) is 41.8 Å². The minimum atomic E-state index is -0.534. The molecule has 116 valence electrons. The van der Waals surface area contributed by atoms with Crippen molar-refractivity contribution in [1.29, 1.82) is 0 Å². The fourth-order valence-electron chi connectivity index (χ4n) is 2.60. The van der Waals surface area contributed by atoms with Gasteiger partial charge in [0.15, 0.2) is 5.76 Å². The standard InChI is InChI=1S/C17H15N3O2S/c21-16(19-11-12-4-1-2-8-18-12)17(6-7-17)15-10-13(22-20-15)14-5-3-9-23-14/h1-5,8-10H,6-7,11H2,(H,19,21). The van der Waals surface area contributed by atoms with Gasteiger partial charge in [0, 0.05) is 12.3 Å². The van der Waals surface area contributed by atoms with Gasteiger partial charge in [-0.3, -0.25) is 9.78 Å². The highest BCUT2D eigenvalue weighted by Crippen LogP contribution is 2.48. The van der Waals surface area contributed by atoms with Crippen LogP contribution in [-0.2, 0) is 16.8 Å². The first-order chi connectivity index (χ1) is 11.3. The maximum atomic E-state index is 12.6. The van der Waals surface area contributed by atoms with Gasteiger partial charge in [0.1, 0.15) is 0 Å². The van der Waals surface area contributed by atoms with Crippen LogP contribution in [0.2, 0.25) is 0 Å². The van der Waals surface area contributed by atoms with Crippen molar-refractivity contribution in [3.8, 4) is 10.6 Å². The van der Waals surface area contributed by atoms with Crippen LogP contribution < -0.4 is 5.32 Å². The average molecular weight is 325 g/mol. The van der Waals surface area contributed by atoms with Gasteiger partial charge in [-0.05, 0) is 36.4 Å². The summed E-state index contributed by atoms with van der Waals surface area (Å²) in [4.78, 5) is 17.8. The average Bonchev–Trinajstić information content (AvgIpc) is 3.02. The van der Waals surface area contributed by atoms with Crippen LogP contribution in [0.15, 0.2) is 52.5 Å². The molecule has 0 aliphatic heterocycles. The summed E-state index contributed by atoms with van der Waals surface area (Å²) < 4.78 is 5.42. The van der Waals surface area contributed by atoms with Gasteiger partial charge in [-0.15, -0.1) is 11.3 Å². The van der Waals surface area contributed by atoms with Crippen LogP contribution in [0.3, 0.4) is 0 Å². The molecule has 1 saturated carbocycles. The van der Waals surface area contributed by atoms with E-state index in [4.69, 9.17) is 4.52 Å². The molecule has 0 atom stereocenters. The van der Waals surface area contributed by atoms with Gasteiger partial charge in [-0.2, -0.15) is 0 Å². The second kappa shape index (κ2) is 5.62. The van der Waals surface area contributed by atoms with Gasteiger partial charge in [0.25, 0.3) is 0 Å². The SMILES string of the molecule is O=C(NCc1ccccn1)C1(c2cc(-c3cccs3)on2)CC1. The molecule has 3 aromatic rings. The molecule has 0 bridgehead atoms. The Morgan fingerprint density at radius 3 is 2.91 bits per heavy atom. The molecule has 0 saturated heterocycles. The first-order valence-corrected chi connectivity index (χ1v) is 8.35. The third-order valence-electron chi connectivity index (χ3n) is 4.11. The highest BCUT2D eigenvalue weighted by atomic mass is 32.1. The molecule has 1 aliphatic carbocycles. The largest absolute Gasteiger partial charge is 0.355 e. The van der Waals surface area contributed by atoms with Crippen LogP contribution in [-0.4, -0.2) is 16.0 Å². The predicted molar refractivity (Wildman–Crippen MR) is 86.8 cm³/mol. The van der Waals surface area contributed by atoms with Crippen LogP contribution in [0, 0.1) is 0 Å². The number of nitrogens with zero attached hydrogens (tertiary/aromatic N) is 2. The van der Waals surface area contributed by atoms with Crippen LogP contribution >= 0.6 is 11.3 Å². The van der Waals surface area contributed by atoms with Crippen LogP contribution in [0.5, 0.6) is 0 Å². The number of aromatic nitrogens is 2. The Kier molecular flexibility index (Phi) is 3.46. The number of amides is 1. The number of carbonyl (C=O) groups is 1. The van der Waals surface area contributed by atoms with Gasteiger partial charge in [0.2, 0.25) is 5.91 Å². The van der Waals surface area contributed by atoms with E-state index in [0.717, 1.165) is 34.9 Å². The number of nitrogens with one attached hydrogen (secondary N) is 1. The maximum Gasteiger partial charge on any atom is 0.232 e. The van der Waals surface area contributed by atoms with Crippen molar-refractivity contribution in [3.63, 3.8) is 0 Å². The summed E-state index contributed by atoms with van der Waals surface area (Å²) in [5.74, 6) is 0.716. The van der Waals surface area contributed by atoms with Gasteiger partial charge in [-0.25, -0.2) is 0 Å². The summed E-state index contributed by atoms with van der Waals surface area (Å²) in [5.41, 5.74) is 1.03. The topological polar surface area (TPSA) is 68.0 Å². The minimum Gasteiger partial charge on any atom is -0.355 e. The monoisotopic (exact) mass is 325 g/mol. The highest BCUT2D eigenvalue weighted by molar-refractivity contribution is 7.13. The first-order valence-electron chi connectivity index (χ1n) is 7.47. The number of hydrogen-bond acceptors (Lipinski definition) is 5. The van der Waals surface area contributed by atoms with Crippen LogP contribution in [0.1, 0.15) is 24.2 Å². The Hall–Kier alpha value is -2.47. The molecule has 0 spiro atoms. The fourth-order valence-corrected chi connectivity index (χ4v) is 3.28. The highest BCUT2D eigenvalue weighted by Gasteiger charge is 2.53. The van der Waals surface area contributed by atoms with E-state index >= 15 is 0 Å². The quantitative estimate of drug-likeness (QED) is 0.782. The van der Waals surface area contributed by atoms with E-state index in [9.17, 15) is 4.79 Å². The second-order valence-corrected chi connectivity index (χ2v) is 6.59. The molecular weight excluding hydrogens is 310 g/mol. The molecule has 5 nitrogen and oxygen atoms in total. The molecule has 0 aromatic carbocycles. The van der Waals surface area contributed by atoms with Gasteiger partial charge < -0.3 is 9.84 Å². The van der Waals surface area contributed by atoms with Gasteiger partial charge in [-0.1, -0.05) is 17.3 Å². The third-order valence-corrected chi connectivity index (χ3v) is 4.99. The van der Waals surface area contributed by atoms with E-state index in [0.29, 0.717) is 6.54 Å². The minimum absolute atomic E-state index is 0.00539. The van der Waals surface area contributed by atoms with Crippen LogP contribution in [0.4, 0.5) is 0 Å². The number of thiophene rings is 1. The van der Waals surface area contributed by atoms with Gasteiger partial charge in [0.05, 0.1) is 28.2 Å². The normalized spacial score (nSPS) is 15.3. The Morgan fingerprint density at radius 1 is 1.30 bits per heavy atom. The fraction of sp³-hybridized carbons (Fsp3) is 0.235. The number of carbonyl (C=O) groups excluding carboxylic acids is 1. The molecule has 0 unspecified atom stereocenters. The van der Waals surface area contributed by atoms with E-state index in [1.165, 1.54) is 0 Å². The third kappa shape index (κ3) is 2.66. The molecule has 4 rings (SSSR count). The molecule has 0 radical (unpaired) electrons. The molecule has 1 fully saturated rings. The van der Waals surface area contributed by atoms with E-state index in [2.05, 4.69) is 15.5 Å². The zero-order valence-electron chi connectivity index (χ0n) is 12.4.